The van der Waals surface area contributed by atoms with Crippen molar-refractivity contribution in [1.29, 1.82) is 0 Å². The van der Waals surface area contributed by atoms with Crippen molar-refractivity contribution in [3.8, 4) is 22.8 Å². The van der Waals surface area contributed by atoms with E-state index in [1.54, 1.807) is 18.3 Å². The molecule has 7 nitrogen and oxygen atoms in total. The van der Waals surface area contributed by atoms with Gasteiger partial charge in [0.15, 0.2) is 0 Å². The number of pyridine rings is 1. The maximum atomic E-state index is 11.9. The molecule has 0 amide bonds. The molecule has 1 aliphatic heterocycles. The lowest BCUT2D eigenvalue weighted by Gasteiger charge is -2.28. The van der Waals surface area contributed by atoms with Gasteiger partial charge in [-0.1, -0.05) is 31.4 Å². The Bertz CT molecular complexity index is 1490. The Morgan fingerprint density at radius 3 is 2.74 bits per heavy atom. The highest BCUT2D eigenvalue weighted by Gasteiger charge is 2.31. The predicted octanol–water partition coefficient (Wildman–Crippen LogP) is 6.09. The van der Waals surface area contributed by atoms with Crippen LogP contribution in [0, 0.1) is 6.92 Å². The van der Waals surface area contributed by atoms with Crippen molar-refractivity contribution in [3.05, 3.63) is 77.1 Å². The summed E-state index contributed by atoms with van der Waals surface area (Å²) >= 11 is 0. The molecular weight excluding hydrogens is 480 g/mol. The van der Waals surface area contributed by atoms with Crippen LogP contribution in [0.2, 0.25) is 0 Å². The highest BCUT2D eigenvalue weighted by atomic mass is 16.5. The molecule has 6 rings (SSSR count). The number of fused-ring (bicyclic) bond motifs is 5. The number of aliphatic hydroxyl groups is 1. The fourth-order valence-electron chi connectivity index (χ4n) is 6.09. The summed E-state index contributed by atoms with van der Waals surface area (Å²) in [5.41, 5.74) is 6.18. The Morgan fingerprint density at radius 1 is 1.13 bits per heavy atom. The summed E-state index contributed by atoms with van der Waals surface area (Å²) < 4.78 is 14.4. The van der Waals surface area contributed by atoms with E-state index in [2.05, 4.69) is 16.5 Å². The molecule has 0 bridgehead atoms. The van der Waals surface area contributed by atoms with Gasteiger partial charge < -0.3 is 24.3 Å². The van der Waals surface area contributed by atoms with Crippen LogP contribution >= 0.6 is 0 Å². The Kier molecular flexibility index (Phi) is 6.54. The minimum atomic E-state index is -0.956. The molecular formula is C31H32N2O5. The summed E-state index contributed by atoms with van der Waals surface area (Å²) in [6, 6.07) is 15.1. The van der Waals surface area contributed by atoms with E-state index in [0.717, 1.165) is 46.3 Å². The maximum Gasteiger partial charge on any atom is 0.335 e. The largest absolute Gasteiger partial charge is 0.490 e. The fourth-order valence-corrected chi connectivity index (χ4v) is 6.09. The number of hydrogen-bond donors (Lipinski definition) is 2. The van der Waals surface area contributed by atoms with Crippen LogP contribution in [0.5, 0.6) is 11.5 Å². The number of carboxylic acid groups (broad SMARTS) is 1. The molecule has 0 spiro atoms. The number of aryl methyl sites for hydroxylation is 1. The van der Waals surface area contributed by atoms with Crippen molar-refractivity contribution in [2.45, 2.75) is 64.2 Å². The van der Waals surface area contributed by atoms with Gasteiger partial charge >= 0.3 is 5.97 Å². The van der Waals surface area contributed by atoms with E-state index in [1.165, 1.54) is 24.8 Å². The molecule has 7 heteroatoms. The third-order valence-corrected chi connectivity index (χ3v) is 7.81. The minimum Gasteiger partial charge on any atom is -0.490 e. The maximum absolute atomic E-state index is 11.9. The summed E-state index contributed by atoms with van der Waals surface area (Å²) in [6.07, 6.45) is 6.78. The molecule has 38 heavy (non-hydrogen) atoms. The van der Waals surface area contributed by atoms with Crippen LogP contribution in [0.15, 0.2) is 54.7 Å². The molecule has 2 aromatic carbocycles. The monoisotopic (exact) mass is 512 g/mol. The van der Waals surface area contributed by atoms with Crippen molar-refractivity contribution in [2.24, 2.45) is 0 Å². The zero-order valence-corrected chi connectivity index (χ0v) is 21.5. The smallest absolute Gasteiger partial charge is 0.335 e. The average molecular weight is 513 g/mol. The first-order valence-electron chi connectivity index (χ1n) is 13.4. The number of carbonyl (C=O) groups is 1. The van der Waals surface area contributed by atoms with Gasteiger partial charge in [-0.15, -0.1) is 0 Å². The van der Waals surface area contributed by atoms with Crippen LogP contribution < -0.4 is 9.47 Å². The van der Waals surface area contributed by atoms with Crippen molar-refractivity contribution in [1.82, 2.24) is 9.55 Å². The lowest BCUT2D eigenvalue weighted by Crippen LogP contribution is -2.26. The second kappa shape index (κ2) is 10.1. The molecule has 0 radical (unpaired) electrons. The number of rotatable bonds is 5. The molecule has 2 aromatic heterocycles. The fraction of sp³-hybridized carbons (Fsp3) is 0.355. The lowest BCUT2D eigenvalue weighted by atomic mass is 9.81. The Balaban J connectivity index is 1.54. The quantitative estimate of drug-likeness (QED) is 0.336. The van der Waals surface area contributed by atoms with Crippen LogP contribution in [0.25, 0.3) is 22.2 Å². The highest BCUT2D eigenvalue weighted by Crippen LogP contribution is 2.48. The van der Waals surface area contributed by atoms with Gasteiger partial charge in [-0.25, -0.2) is 4.79 Å². The number of hydrogen-bond acceptors (Lipinski definition) is 5. The summed E-state index contributed by atoms with van der Waals surface area (Å²) in [5, 5.41) is 21.7. The summed E-state index contributed by atoms with van der Waals surface area (Å²) in [5.74, 6) is 0.751. The number of nitrogens with zero attached hydrogens (tertiary/aromatic N) is 2. The molecule has 0 saturated heterocycles. The SMILES string of the molecule is Cc1cc(OCc2ccccn2)cc2c1-c1c(C3CCCCC3)c3ccc(C(=O)O)cc3n1C[C@H](O)CO2. The van der Waals surface area contributed by atoms with Crippen LogP contribution in [0.3, 0.4) is 0 Å². The van der Waals surface area contributed by atoms with Gasteiger partial charge in [-0.2, -0.15) is 0 Å². The Morgan fingerprint density at radius 2 is 1.97 bits per heavy atom. The molecule has 1 atom stereocenters. The van der Waals surface area contributed by atoms with E-state index in [9.17, 15) is 15.0 Å². The molecule has 2 N–H and O–H groups in total. The number of aromatic nitrogens is 2. The van der Waals surface area contributed by atoms with E-state index in [4.69, 9.17) is 9.47 Å². The zero-order valence-electron chi connectivity index (χ0n) is 21.5. The van der Waals surface area contributed by atoms with Crippen LogP contribution in [0.1, 0.15) is 65.2 Å². The third kappa shape index (κ3) is 4.52. The Labute approximate surface area is 221 Å². The van der Waals surface area contributed by atoms with Gasteiger partial charge in [0.2, 0.25) is 0 Å². The number of aromatic carboxylic acids is 1. The number of ether oxygens (including phenoxy) is 2. The molecule has 2 aliphatic rings. The zero-order chi connectivity index (χ0) is 26.2. The average Bonchev–Trinajstić information content (AvgIpc) is 3.23. The predicted molar refractivity (Wildman–Crippen MR) is 145 cm³/mol. The van der Waals surface area contributed by atoms with Gasteiger partial charge in [0.05, 0.1) is 23.5 Å². The van der Waals surface area contributed by atoms with E-state index >= 15 is 0 Å². The first kappa shape index (κ1) is 24.5. The van der Waals surface area contributed by atoms with E-state index < -0.39 is 12.1 Å². The van der Waals surface area contributed by atoms with Gasteiger partial charge in [-0.3, -0.25) is 4.98 Å². The molecule has 1 aliphatic carbocycles. The topological polar surface area (TPSA) is 93.8 Å². The second-order valence-electron chi connectivity index (χ2n) is 10.4. The first-order chi connectivity index (χ1) is 18.5. The second-order valence-corrected chi connectivity index (χ2v) is 10.4. The standard InChI is InChI=1S/C31H32N2O5/c1-19-13-24(37-17-22-9-5-6-12-32-22)15-27-28(19)30-29(20-7-3-2-4-8-20)25-11-10-21(31(35)36)14-26(25)33(30)16-23(34)18-38-27/h5-6,9-15,20,23,34H,2-4,7-8,16-18H2,1H3,(H,35,36)/t23-/m0/s1. The van der Waals surface area contributed by atoms with Gasteiger partial charge in [0, 0.05) is 28.7 Å². The summed E-state index contributed by atoms with van der Waals surface area (Å²) in [4.78, 5) is 16.2. The number of aliphatic hydroxyl groups excluding tert-OH is 1. The van der Waals surface area contributed by atoms with E-state index in [0.29, 0.717) is 30.6 Å². The minimum absolute atomic E-state index is 0.132. The summed E-state index contributed by atoms with van der Waals surface area (Å²) in [6.45, 7) is 2.86. The lowest BCUT2D eigenvalue weighted by molar-refractivity contribution is 0.0697. The van der Waals surface area contributed by atoms with Gasteiger partial charge in [0.25, 0.3) is 0 Å². The van der Waals surface area contributed by atoms with Gasteiger partial charge in [-0.05, 0) is 67.1 Å². The number of carboxylic acids is 1. The van der Waals surface area contributed by atoms with Crippen molar-refractivity contribution in [2.75, 3.05) is 6.61 Å². The molecule has 1 saturated carbocycles. The van der Waals surface area contributed by atoms with Crippen molar-refractivity contribution >= 4 is 16.9 Å². The van der Waals surface area contributed by atoms with E-state index in [1.807, 2.05) is 36.4 Å². The normalized spacial score (nSPS) is 17.7. The van der Waals surface area contributed by atoms with Crippen LogP contribution in [-0.2, 0) is 13.2 Å². The number of benzene rings is 2. The van der Waals surface area contributed by atoms with Crippen LogP contribution in [0.4, 0.5) is 0 Å². The molecule has 1 fully saturated rings. The molecule has 196 valence electrons. The van der Waals surface area contributed by atoms with E-state index in [-0.39, 0.29) is 12.2 Å². The first-order valence-corrected chi connectivity index (χ1v) is 13.4. The highest BCUT2D eigenvalue weighted by molar-refractivity contribution is 5.99. The molecule has 3 heterocycles. The van der Waals surface area contributed by atoms with Crippen molar-refractivity contribution in [3.63, 3.8) is 0 Å². The Hall–Kier alpha value is -3.84. The molecule has 0 unspecified atom stereocenters. The van der Waals surface area contributed by atoms with Gasteiger partial charge in [0.1, 0.15) is 30.8 Å². The van der Waals surface area contributed by atoms with Crippen LogP contribution in [-0.4, -0.2) is 38.4 Å². The van der Waals surface area contributed by atoms with Crippen molar-refractivity contribution < 1.29 is 24.5 Å². The molecule has 4 aromatic rings. The summed E-state index contributed by atoms with van der Waals surface area (Å²) in [7, 11) is 0. The third-order valence-electron chi connectivity index (χ3n) is 7.81.